The van der Waals surface area contributed by atoms with Gasteiger partial charge in [0, 0.05) is 29.1 Å². The van der Waals surface area contributed by atoms with Crippen LogP contribution in [0.2, 0.25) is 0 Å². The summed E-state index contributed by atoms with van der Waals surface area (Å²) in [7, 11) is 0. The molecule has 0 saturated carbocycles. The van der Waals surface area contributed by atoms with Crippen molar-refractivity contribution in [3.05, 3.63) is 95.9 Å². The molecule has 158 valence electrons. The molecule has 5 nitrogen and oxygen atoms in total. The van der Waals surface area contributed by atoms with E-state index in [4.69, 9.17) is 5.10 Å². The number of carbonyl (C=O) groups excluding carboxylic acids is 1. The molecule has 0 atom stereocenters. The number of pyridine rings is 1. The highest BCUT2D eigenvalue weighted by atomic mass is 19.1. The lowest BCUT2D eigenvalue weighted by Gasteiger charge is -2.08. The minimum Gasteiger partial charge on any atom is -0.350 e. The summed E-state index contributed by atoms with van der Waals surface area (Å²) < 4.78 is 14.9. The van der Waals surface area contributed by atoms with Crippen LogP contribution in [0.5, 0.6) is 0 Å². The predicted molar refractivity (Wildman–Crippen MR) is 123 cm³/mol. The maximum absolute atomic E-state index is 13.1. The van der Waals surface area contributed by atoms with Crippen LogP contribution >= 0.6 is 0 Å². The van der Waals surface area contributed by atoms with Gasteiger partial charge in [0.15, 0.2) is 0 Å². The Morgan fingerprint density at radius 1 is 1.00 bits per heavy atom. The molecule has 0 radical (unpaired) electrons. The zero-order valence-electron chi connectivity index (χ0n) is 17.5. The fraction of sp³-hybridized carbons (Fsp3) is 0.115. The van der Waals surface area contributed by atoms with Gasteiger partial charge in [0.2, 0.25) is 5.91 Å². The van der Waals surface area contributed by atoms with Crippen molar-refractivity contribution in [2.24, 2.45) is 0 Å². The van der Waals surface area contributed by atoms with E-state index in [1.807, 2.05) is 55.6 Å². The summed E-state index contributed by atoms with van der Waals surface area (Å²) in [6, 6.07) is 22.1. The van der Waals surface area contributed by atoms with E-state index < -0.39 is 0 Å². The zero-order chi connectivity index (χ0) is 22.1. The van der Waals surface area contributed by atoms with Crippen molar-refractivity contribution in [2.45, 2.75) is 20.0 Å². The van der Waals surface area contributed by atoms with Crippen LogP contribution in [0.3, 0.4) is 0 Å². The molecule has 5 rings (SSSR count). The molecule has 0 spiro atoms. The van der Waals surface area contributed by atoms with Crippen LogP contribution in [0, 0.1) is 12.7 Å². The first kappa shape index (κ1) is 19.9. The molecule has 3 aromatic carbocycles. The molecule has 6 heteroatoms. The van der Waals surface area contributed by atoms with Gasteiger partial charge in [-0.1, -0.05) is 54.1 Å². The molecule has 2 aromatic heterocycles. The fourth-order valence-corrected chi connectivity index (χ4v) is 3.89. The van der Waals surface area contributed by atoms with E-state index in [9.17, 15) is 9.18 Å². The first-order chi connectivity index (χ1) is 15.6. The summed E-state index contributed by atoms with van der Waals surface area (Å²) in [5.41, 5.74) is 5.45. The maximum Gasteiger partial charge on any atom is 0.242 e. The van der Waals surface area contributed by atoms with Crippen LogP contribution in [-0.2, 0) is 17.9 Å². The molecule has 0 saturated heterocycles. The molecule has 1 N–H and O–H groups in total. The molecule has 0 aliphatic heterocycles. The van der Waals surface area contributed by atoms with Gasteiger partial charge < -0.3 is 5.32 Å². The number of benzene rings is 3. The second kappa shape index (κ2) is 8.23. The molecule has 2 heterocycles. The number of hydrogen-bond acceptors (Lipinski definition) is 3. The van der Waals surface area contributed by atoms with Crippen LogP contribution < -0.4 is 5.32 Å². The van der Waals surface area contributed by atoms with Crippen LogP contribution in [0.4, 0.5) is 4.39 Å². The number of halogens is 1. The molecule has 0 aliphatic carbocycles. The second-order valence-electron chi connectivity index (χ2n) is 7.82. The van der Waals surface area contributed by atoms with Crippen molar-refractivity contribution in [3.63, 3.8) is 0 Å². The van der Waals surface area contributed by atoms with Gasteiger partial charge in [-0.25, -0.2) is 4.39 Å². The van der Waals surface area contributed by atoms with Crippen molar-refractivity contribution in [1.29, 1.82) is 0 Å². The third-order valence-corrected chi connectivity index (χ3v) is 5.47. The van der Waals surface area contributed by atoms with E-state index in [-0.39, 0.29) is 18.3 Å². The topological polar surface area (TPSA) is 59.8 Å². The van der Waals surface area contributed by atoms with Gasteiger partial charge in [-0.05, 0) is 36.8 Å². The largest absolute Gasteiger partial charge is 0.350 e. The number of fused-ring (bicyclic) bond motifs is 3. The Hall–Kier alpha value is -4.06. The van der Waals surface area contributed by atoms with Gasteiger partial charge in [0.25, 0.3) is 0 Å². The Bertz CT molecular complexity index is 1430. The summed E-state index contributed by atoms with van der Waals surface area (Å²) in [6.45, 7) is 2.43. The van der Waals surface area contributed by atoms with Gasteiger partial charge in [0.05, 0.1) is 11.0 Å². The van der Waals surface area contributed by atoms with E-state index in [1.165, 1.54) is 12.1 Å². The fourth-order valence-electron chi connectivity index (χ4n) is 3.89. The third kappa shape index (κ3) is 3.83. The molecular weight excluding hydrogens is 403 g/mol. The quantitative estimate of drug-likeness (QED) is 0.431. The molecule has 0 unspecified atom stereocenters. The van der Waals surface area contributed by atoms with Gasteiger partial charge in [-0.3, -0.25) is 14.5 Å². The Morgan fingerprint density at radius 3 is 2.56 bits per heavy atom. The van der Waals surface area contributed by atoms with Gasteiger partial charge in [-0.15, -0.1) is 0 Å². The van der Waals surface area contributed by atoms with E-state index in [1.54, 1.807) is 16.8 Å². The molecule has 5 aromatic rings. The summed E-state index contributed by atoms with van der Waals surface area (Å²) >= 11 is 0. The summed E-state index contributed by atoms with van der Waals surface area (Å²) in [6.07, 6.45) is 1.83. The maximum atomic E-state index is 13.1. The van der Waals surface area contributed by atoms with Gasteiger partial charge >= 0.3 is 0 Å². The van der Waals surface area contributed by atoms with Crippen LogP contribution in [0.15, 0.2) is 79.0 Å². The van der Waals surface area contributed by atoms with Crippen LogP contribution in [0.1, 0.15) is 11.1 Å². The number of hydrogen-bond donors (Lipinski definition) is 1. The Balaban J connectivity index is 1.54. The van der Waals surface area contributed by atoms with Crippen LogP contribution in [0.25, 0.3) is 33.1 Å². The monoisotopic (exact) mass is 424 g/mol. The predicted octanol–water partition coefficient (Wildman–Crippen LogP) is 5.02. The third-order valence-electron chi connectivity index (χ3n) is 5.47. The normalized spacial score (nSPS) is 11.2. The lowest BCUT2D eigenvalue weighted by molar-refractivity contribution is -0.121. The SMILES string of the molecule is Cc1ccc2ncc3c(-c4ccccc4)nn(CC(=O)NCc4ccc(F)cc4)c3c2c1. The van der Waals surface area contributed by atoms with Gasteiger partial charge in [0.1, 0.15) is 18.1 Å². The lowest BCUT2D eigenvalue weighted by Crippen LogP contribution is -2.27. The van der Waals surface area contributed by atoms with E-state index in [0.29, 0.717) is 6.54 Å². The first-order valence-corrected chi connectivity index (χ1v) is 10.4. The average molecular weight is 424 g/mol. The van der Waals surface area contributed by atoms with E-state index in [2.05, 4.69) is 16.4 Å². The van der Waals surface area contributed by atoms with Crippen molar-refractivity contribution < 1.29 is 9.18 Å². The first-order valence-electron chi connectivity index (χ1n) is 10.4. The Kier molecular flexibility index (Phi) is 5.11. The van der Waals surface area contributed by atoms with Crippen LogP contribution in [-0.4, -0.2) is 20.7 Å². The number of carbonyl (C=O) groups is 1. The van der Waals surface area contributed by atoms with Gasteiger partial charge in [-0.2, -0.15) is 5.10 Å². The summed E-state index contributed by atoms with van der Waals surface area (Å²) in [4.78, 5) is 17.4. The number of aromatic nitrogens is 3. The standard InChI is InChI=1S/C26H21FN4O/c1-17-7-12-23-21(13-17)26-22(15-28-23)25(19-5-3-2-4-6-19)30-31(26)16-24(32)29-14-18-8-10-20(27)11-9-18/h2-13,15H,14,16H2,1H3,(H,29,32). The average Bonchev–Trinajstić information content (AvgIpc) is 3.18. The molecule has 32 heavy (non-hydrogen) atoms. The van der Waals surface area contributed by atoms with E-state index in [0.717, 1.165) is 44.2 Å². The van der Waals surface area contributed by atoms with Crippen molar-refractivity contribution in [3.8, 4) is 11.3 Å². The Labute approximate surface area is 184 Å². The Morgan fingerprint density at radius 2 is 1.78 bits per heavy atom. The van der Waals surface area contributed by atoms with Crippen molar-refractivity contribution >= 4 is 27.7 Å². The number of rotatable bonds is 5. The number of aryl methyl sites for hydroxylation is 1. The smallest absolute Gasteiger partial charge is 0.242 e. The lowest BCUT2D eigenvalue weighted by atomic mass is 10.1. The minimum atomic E-state index is -0.299. The van der Waals surface area contributed by atoms with Crippen molar-refractivity contribution in [2.75, 3.05) is 0 Å². The highest BCUT2D eigenvalue weighted by Gasteiger charge is 2.17. The number of amides is 1. The number of nitrogens with zero attached hydrogens (tertiary/aromatic N) is 3. The molecular formula is C26H21FN4O. The zero-order valence-corrected chi connectivity index (χ0v) is 17.5. The second-order valence-corrected chi connectivity index (χ2v) is 7.82. The highest BCUT2D eigenvalue weighted by molar-refractivity contribution is 6.08. The molecule has 0 bridgehead atoms. The molecule has 0 fully saturated rings. The summed E-state index contributed by atoms with van der Waals surface area (Å²) in [5.74, 6) is -0.469. The highest BCUT2D eigenvalue weighted by Crippen LogP contribution is 2.32. The van der Waals surface area contributed by atoms with Crippen molar-refractivity contribution in [1.82, 2.24) is 20.1 Å². The molecule has 1 amide bonds. The van der Waals surface area contributed by atoms with E-state index >= 15 is 0 Å². The number of nitrogens with one attached hydrogen (secondary N) is 1. The molecule has 0 aliphatic rings. The summed E-state index contributed by atoms with van der Waals surface area (Å²) in [5, 5.41) is 9.58. The minimum absolute atomic E-state index is 0.0670.